The van der Waals surface area contributed by atoms with Crippen molar-refractivity contribution in [2.24, 2.45) is 5.73 Å². The van der Waals surface area contributed by atoms with E-state index in [2.05, 4.69) is 15.3 Å². The van der Waals surface area contributed by atoms with Crippen LogP contribution in [0.2, 0.25) is 0 Å². The van der Waals surface area contributed by atoms with E-state index in [4.69, 9.17) is 5.73 Å². The first-order valence-electron chi connectivity index (χ1n) is 7.16. The molecule has 0 fully saturated rings. The molecule has 5 nitrogen and oxygen atoms in total. The van der Waals surface area contributed by atoms with Gasteiger partial charge in [0.25, 0.3) is 0 Å². The van der Waals surface area contributed by atoms with Gasteiger partial charge < -0.3 is 11.1 Å². The monoisotopic (exact) mass is 310 g/mol. The number of hydrogen-bond acceptors (Lipinski definition) is 4. The molecule has 1 aromatic heterocycles. The normalized spacial score (nSPS) is 10.7. The lowest BCUT2D eigenvalue weighted by molar-refractivity contribution is 0.100. The first kappa shape index (κ1) is 14.9. The van der Waals surface area contributed by atoms with Gasteiger partial charge in [-0.3, -0.25) is 4.79 Å². The van der Waals surface area contributed by atoms with Gasteiger partial charge in [-0.25, -0.2) is 14.4 Å². The molecule has 0 atom stereocenters. The van der Waals surface area contributed by atoms with Gasteiger partial charge in [0, 0.05) is 17.5 Å². The lowest BCUT2D eigenvalue weighted by atomic mass is 10.1. The third-order valence-corrected chi connectivity index (χ3v) is 3.54. The zero-order chi connectivity index (χ0) is 16.2. The van der Waals surface area contributed by atoms with Crippen LogP contribution in [0, 0.1) is 5.82 Å². The second-order valence-corrected chi connectivity index (χ2v) is 5.12. The number of amides is 1. The van der Waals surface area contributed by atoms with Gasteiger partial charge in [0.1, 0.15) is 18.0 Å². The van der Waals surface area contributed by atoms with Gasteiger partial charge in [-0.1, -0.05) is 12.1 Å². The second kappa shape index (κ2) is 6.39. The summed E-state index contributed by atoms with van der Waals surface area (Å²) in [5.41, 5.74) is 7.45. The third-order valence-electron chi connectivity index (χ3n) is 3.54. The largest absolute Gasteiger partial charge is 0.369 e. The summed E-state index contributed by atoms with van der Waals surface area (Å²) in [4.78, 5) is 19.3. The fourth-order valence-corrected chi connectivity index (χ4v) is 2.33. The zero-order valence-corrected chi connectivity index (χ0v) is 12.3. The van der Waals surface area contributed by atoms with E-state index in [0.717, 1.165) is 12.0 Å². The van der Waals surface area contributed by atoms with E-state index in [1.807, 2.05) is 12.1 Å². The molecule has 1 amide bonds. The lowest BCUT2D eigenvalue weighted by Gasteiger charge is -2.08. The Morgan fingerprint density at radius 2 is 1.91 bits per heavy atom. The van der Waals surface area contributed by atoms with Crippen molar-refractivity contribution in [3.05, 3.63) is 65.7 Å². The van der Waals surface area contributed by atoms with Gasteiger partial charge in [-0.2, -0.15) is 0 Å². The molecule has 116 valence electrons. The molecule has 0 spiro atoms. The molecule has 0 unspecified atom stereocenters. The maximum atomic E-state index is 13.4. The van der Waals surface area contributed by atoms with E-state index in [1.165, 1.54) is 18.5 Å². The van der Waals surface area contributed by atoms with Crippen molar-refractivity contribution in [2.75, 3.05) is 11.9 Å². The molecular formula is C17H15FN4O. The van der Waals surface area contributed by atoms with Gasteiger partial charge >= 0.3 is 0 Å². The van der Waals surface area contributed by atoms with Gasteiger partial charge in [0.2, 0.25) is 5.91 Å². The molecule has 6 heteroatoms. The van der Waals surface area contributed by atoms with Gasteiger partial charge in [0.05, 0.1) is 5.52 Å². The molecule has 2 aromatic carbocycles. The highest BCUT2D eigenvalue weighted by Gasteiger charge is 2.05. The van der Waals surface area contributed by atoms with Crippen LogP contribution in [0.1, 0.15) is 15.9 Å². The number of fused-ring (bicyclic) bond motifs is 1. The summed E-state index contributed by atoms with van der Waals surface area (Å²) in [5.74, 6) is -0.162. The fraction of sp³-hybridized carbons (Fsp3) is 0.118. The smallest absolute Gasteiger partial charge is 0.248 e. The Kier molecular flexibility index (Phi) is 4.14. The number of nitrogens with one attached hydrogen (secondary N) is 1. The molecule has 0 saturated heterocycles. The average molecular weight is 310 g/mol. The molecule has 23 heavy (non-hydrogen) atoms. The molecule has 3 N–H and O–H groups in total. The van der Waals surface area contributed by atoms with E-state index in [1.54, 1.807) is 18.2 Å². The second-order valence-electron chi connectivity index (χ2n) is 5.12. The molecule has 1 heterocycles. The maximum Gasteiger partial charge on any atom is 0.248 e. The molecule has 0 aliphatic carbocycles. The Morgan fingerprint density at radius 3 is 2.65 bits per heavy atom. The van der Waals surface area contributed by atoms with Gasteiger partial charge in [0.15, 0.2) is 0 Å². The van der Waals surface area contributed by atoms with Crippen LogP contribution in [0.15, 0.2) is 48.8 Å². The highest BCUT2D eigenvalue weighted by molar-refractivity contribution is 5.92. The van der Waals surface area contributed by atoms with Crippen molar-refractivity contribution in [1.82, 2.24) is 9.97 Å². The van der Waals surface area contributed by atoms with E-state index in [0.29, 0.717) is 28.8 Å². The van der Waals surface area contributed by atoms with Crippen LogP contribution in [0.4, 0.5) is 10.2 Å². The summed E-state index contributed by atoms with van der Waals surface area (Å²) in [5, 5.41) is 3.84. The number of aromatic nitrogens is 2. The van der Waals surface area contributed by atoms with Crippen molar-refractivity contribution >= 4 is 22.6 Å². The predicted molar refractivity (Wildman–Crippen MR) is 86.6 cm³/mol. The minimum atomic E-state index is -0.441. The first-order chi connectivity index (χ1) is 11.1. The summed E-state index contributed by atoms with van der Waals surface area (Å²) in [7, 11) is 0. The topological polar surface area (TPSA) is 80.9 Å². The quantitative estimate of drug-likeness (QED) is 0.759. The summed E-state index contributed by atoms with van der Waals surface area (Å²) >= 11 is 0. The summed E-state index contributed by atoms with van der Waals surface area (Å²) in [6.07, 6.45) is 2.18. The molecule has 3 rings (SSSR count). The van der Waals surface area contributed by atoms with Crippen molar-refractivity contribution in [3.63, 3.8) is 0 Å². The number of anilines is 1. The van der Waals surface area contributed by atoms with Crippen LogP contribution in [0.5, 0.6) is 0 Å². The lowest BCUT2D eigenvalue weighted by Crippen LogP contribution is -2.11. The number of benzene rings is 2. The van der Waals surface area contributed by atoms with E-state index >= 15 is 0 Å². The van der Waals surface area contributed by atoms with Gasteiger partial charge in [-0.15, -0.1) is 0 Å². The number of nitrogens with two attached hydrogens (primary N) is 1. The van der Waals surface area contributed by atoms with Crippen LogP contribution in [0.25, 0.3) is 10.9 Å². The minimum absolute atomic E-state index is 0.322. The standard InChI is InChI=1S/C17H15FN4O/c18-13-5-6-15-14(9-13)17(22-10-21-15)20-8-7-11-1-3-12(4-2-11)16(19)23/h1-6,9-10H,7-8H2,(H2,19,23)(H,20,21,22). The summed E-state index contributed by atoms with van der Waals surface area (Å²) < 4.78 is 13.4. The summed E-state index contributed by atoms with van der Waals surface area (Å²) in [6, 6.07) is 11.5. The van der Waals surface area contributed by atoms with E-state index in [-0.39, 0.29) is 5.82 Å². The fourth-order valence-electron chi connectivity index (χ4n) is 2.33. The molecule has 0 aliphatic heterocycles. The Labute approximate surface area is 132 Å². The number of halogens is 1. The van der Waals surface area contributed by atoms with E-state index in [9.17, 15) is 9.18 Å². The number of nitrogens with zero attached hydrogens (tertiary/aromatic N) is 2. The van der Waals surface area contributed by atoms with Crippen molar-refractivity contribution < 1.29 is 9.18 Å². The van der Waals surface area contributed by atoms with Crippen LogP contribution < -0.4 is 11.1 Å². The first-order valence-corrected chi connectivity index (χ1v) is 7.16. The van der Waals surface area contributed by atoms with Crippen LogP contribution in [-0.2, 0) is 6.42 Å². The molecule has 3 aromatic rings. The van der Waals surface area contributed by atoms with Crippen LogP contribution >= 0.6 is 0 Å². The van der Waals surface area contributed by atoms with Crippen molar-refractivity contribution in [3.8, 4) is 0 Å². The van der Waals surface area contributed by atoms with Crippen LogP contribution in [-0.4, -0.2) is 22.4 Å². The van der Waals surface area contributed by atoms with Crippen LogP contribution in [0.3, 0.4) is 0 Å². The average Bonchev–Trinajstić information content (AvgIpc) is 2.55. The Balaban J connectivity index is 1.69. The Hall–Kier alpha value is -3.02. The van der Waals surface area contributed by atoms with Crippen molar-refractivity contribution in [1.29, 1.82) is 0 Å². The highest BCUT2D eigenvalue weighted by Crippen LogP contribution is 2.20. The van der Waals surface area contributed by atoms with E-state index < -0.39 is 5.91 Å². The zero-order valence-electron chi connectivity index (χ0n) is 12.3. The predicted octanol–water partition coefficient (Wildman–Crippen LogP) is 2.52. The number of carbonyl (C=O) groups is 1. The number of rotatable bonds is 5. The third kappa shape index (κ3) is 3.42. The maximum absolute atomic E-state index is 13.4. The SMILES string of the molecule is NC(=O)c1ccc(CCNc2ncnc3ccc(F)cc23)cc1. The summed E-state index contributed by atoms with van der Waals surface area (Å²) in [6.45, 7) is 0.624. The number of primary amides is 1. The molecule has 0 radical (unpaired) electrons. The Morgan fingerprint density at radius 1 is 1.13 bits per heavy atom. The number of carbonyl (C=O) groups excluding carboxylic acids is 1. The molecule has 0 aliphatic rings. The minimum Gasteiger partial charge on any atom is -0.369 e. The molecule has 0 bridgehead atoms. The molecular weight excluding hydrogens is 295 g/mol. The number of hydrogen-bond donors (Lipinski definition) is 2. The van der Waals surface area contributed by atoms with Crippen molar-refractivity contribution in [2.45, 2.75) is 6.42 Å². The van der Waals surface area contributed by atoms with Gasteiger partial charge in [-0.05, 0) is 42.3 Å². The highest BCUT2D eigenvalue weighted by atomic mass is 19.1. The Bertz CT molecular complexity index is 849. The molecule has 0 saturated carbocycles.